The third-order valence-electron chi connectivity index (χ3n) is 5.09. The second-order valence-corrected chi connectivity index (χ2v) is 6.74. The standard InChI is InChI=1S/C19H20N2O5/c22-14-4-1-3-12(7-14)19(24)21-9-15-13(11-26-17(15)10-21)8-20-18(23)16-5-2-6-25-16/h1-7,13,15,17,22H,8-11H2,(H,20,23)/t13-,15+,17+/m0/s1. The number of rotatable bonds is 4. The molecule has 0 aliphatic carbocycles. The molecule has 4 rings (SSSR count). The summed E-state index contributed by atoms with van der Waals surface area (Å²) in [5.74, 6) is 0.341. The molecule has 2 N–H and O–H groups in total. The van der Waals surface area contributed by atoms with Gasteiger partial charge in [0, 0.05) is 37.0 Å². The zero-order chi connectivity index (χ0) is 18.1. The molecule has 0 spiro atoms. The Kier molecular flexibility index (Phi) is 4.38. The minimum Gasteiger partial charge on any atom is -0.508 e. The van der Waals surface area contributed by atoms with E-state index in [2.05, 4.69) is 5.32 Å². The van der Waals surface area contributed by atoms with E-state index in [1.807, 2.05) is 0 Å². The van der Waals surface area contributed by atoms with E-state index in [-0.39, 0.29) is 41.3 Å². The molecular formula is C19H20N2O5. The Labute approximate surface area is 150 Å². The second-order valence-electron chi connectivity index (χ2n) is 6.74. The Hall–Kier alpha value is -2.80. The van der Waals surface area contributed by atoms with Crippen molar-refractivity contribution in [1.82, 2.24) is 10.2 Å². The molecule has 2 aliphatic rings. The van der Waals surface area contributed by atoms with Gasteiger partial charge in [0.1, 0.15) is 5.75 Å². The highest BCUT2D eigenvalue weighted by Crippen LogP contribution is 2.34. The van der Waals surface area contributed by atoms with Crippen LogP contribution in [-0.4, -0.2) is 54.2 Å². The number of amides is 2. The van der Waals surface area contributed by atoms with Gasteiger partial charge in [0.2, 0.25) is 0 Å². The molecule has 0 unspecified atom stereocenters. The Balaban J connectivity index is 1.36. The third kappa shape index (κ3) is 3.17. The summed E-state index contributed by atoms with van der Waals surface area (Å²) in [6.07, 6.45) is 1.45. The van der Waals surface area contributed by atoms with Crippen molar-refractivity contribution in [1.29, 1.82) is 0 Å². The molecule has 2 saturated heterocycles. The van der Waals surface area contributed by atoms with Crippen LogP contribution in [0.4, 0.5) is 0 Å². The number of nitrogens with zero attached hydrogens (tertiary/aromatic N) is 1. The number of carbonyl (C=O) groups excluding carboxylic acids is 2. The quantitative estimate of drug-likeness (QED) is 0.866. The molecular weight excluding hydrogens is 336 g/mol. The van der Waals surface area contributed by atoms with Gasteiger partial charge in [0.05, 0.1) is 19.0 Å². The van der Waals surface area contributed by atoms with Crippen molar-refractivity contribution in [3.8, 4) is 5.75 Å². The van der Waals surface area contributed by atoms with Crippen molar-refractivity contribution in [3.05, 3.63) is 54.0 Å². The van der Waals surface area contributed by atoms with Crippen molar-refractivity contribution in [3.63, 3.8) is 0 Å². The van der Waals surface area contributed by atoms with Crippen LogP contribution in [0.1, 0.15) is 20.9 Å². The first kappa shape index (κ1) is 16.7. The van der Waals surface area contributed by atoms with E-state index in [0.717, 1.165) is 0 Å². The topological polar surface area (TPSA) is 92.0 Å². The number of aromatic hydroxyl groups is 1. The summed E-state index contributed by atoms with van der Waals surface area (Å²) in [5.41, 5.74) is 0.465. The van der Waals surface area contributed by atoms with Crippen LogP contribution in [0.5, 0.6) is 5.75 Å². The van der Waals surface area contributed by atoms with Gasteiger partial charge in [-0.1, -0.05) is 6.07 Å². The molecule has 2 aliphatic heterocycles. The van der Waals surface area contributed by atoms with Crippen molar-refractivity contribution < 1.29 is 23.8 Å². The number of nitrogens with one attached hydrogen (secondary N) is 1. The van der Waals surface area contributed by atoms with Crippen LogP contribution in [0, 0.1) is 11.8 Å². The summed E-state index contributed by atoms with van der Waals surface area (Å²) in [5, 5.41) is 12.4. The van der Waals surface area contributed by atoms with E-state index < -0.39 is 0 Å². The van der Waals surface area contributed by atoms with E-state index in [1.165, 1.54) is 18.4 Å². The SMILES string of the molecule is O=C(NC[C@H]1CO[C@@H]2CN(C(=O)c3cccc(O)c3)C[C@H]12)c1ccco1. The van der Waals surface area contributed by atoms with Crippen LogP contribution in [0.3, 0.4) is 0 Å². The highest BCUT2D eigenvalue weighted by atomic mass is 16.5. The number of furan rings is 1. The van der Waals surface area contributed by atoms with Gasteiger partial charge in [0.25, 0.3) is 11.8 Å². The van der Waals surface area contributed by atoms with E-state index >= 15 is 0 Å². The Morgan fingerprint density at radius 3 is 2.88 bits per heavy atom. The van der Waals surface area contributed by atoms with Crippen molar-refractivity contribution in [2.45, 2.75) is 6.10 Å². The van der Waals surface area contributed by atoms with Crippen molar-refractivity contribution in [2.24, 2.45) is 11.8 Å². The molecule has 7 nitrogen and oxygen atoms in total. The van der Waals surface area contributed by atoms with Gasteiger partial charge in [-0.05, 0) is 30.3 Å². The molecule has 0 radical (unpaired) electrons. The Bertz CT molecular complexity index is 804. The fourth-order valence-electron chi connectivity index (χ4n) is 3.72. The van der Waals surface area contributed by atoms with E-state index in [4.69, 9.17) is 9.15 Å². The lowest BCUT2D eigenvalue weighted by molar-refractivity contribution is 0.0674. The largest absolute Gasteiger partial charge is 0.508 e. The summed E-state index contributed by atoms with van der Waals surface area (Å²) in [6.45, 7) is 2.17. The predicted octanol–water partition coefficient (Wildman–Crippen LogP) is 1.50. The van der Waals surface area contributed by atoms with E-state index in [1.54, 1.807) is 29.2 Å². The molecule has 3 heterocycles. The molecule has 1 aromatic heterocycles. The fourth-order valence-corrected chi connectivity index (χ4v) is 3.72. The summed E-state index contributed by atoms with van der Waals surface area (Å²) in [7, 11) is 0. The van der Waals surface area contributed by atoms with E-state index in [0.29, 0.717) is 31.8 Å². The van der Waals surface area contributed by atoms with Gasteiger partial charge >= 0.3 is 0 Å². The van der Waals surface area contributed by atoms with Crippen LogP contribution in [0.15, 0.2) is 47.1 Å². The van der Waals surface area contributed by atoms with Gasteiger partial charge < -0.3 is 24.5 Å². The normalized spacial score (nSPS) is 24.5. The van der Waals surface area contributed by atoms with Gasteiger partial charge in [-0.15, -0.1) is 0 Å². The number of benzene rings is 1. The molecule has 2 aromatic rings. The number of hydrogen-bond acceptors (Lipinski definition) is 5. The van der Waals surface area contributed by atoms with Crippen LogP contribution < -0.4 is 5.32 Å². The molecule has 2 amide bonds. The van der Waals surface area contributed by atoms with Gasteiger partial charge in [-0.25, -0.2) is 0 Å². The van der Waals surface area contributed by atoms with Gasteiger partial charge in [0.15, 0.2) is 5.76 Å². The maximum absolute atomic E-state index is 12.6. The molecule has 0 saturated carbocycles. The maximum atomic E-state index is 12.6. The third-order valence-corrected chi connectivity index (χ3v) is 5.09. The number of hydrogen-bond donors (Lipinski definition) is 2. The lowest BCUT2D eigenvalue weighted by atomic mass is 9.93. The first-order valence-electron chi connectivity index (χ1n) is 8.63. The number of fused-ring (bicyclic) bond motifs is 1. The number of phenolic OH excluding ortho intramolecular Hbond substituents is 1. The fraction of sp³-hybridized carbons (Fsp3) is 0.368. The van der Waals surface area contributed by atoms with Crippen molar-refractivity contribution in [2.75, 3.05) is 26.2 Å². The smallest absolute Gasteiger partial charge is 0.286 e. The first-order chi connectivity index (χ1) is 12.6. The zero-order valence-electron chi connectivity index (χ0n) is 14.1. The lowest BCUT2D eigenvalue weighted by Crippen LogP contribution is -2.35. The molecule has 3 atom stereocenters. The van der Waals surface area contributed by atoms with E-state index in [9.17, 15) is 14.7 Å². The summed E-state index contributed by atoms with van der Waals surface area (Å²) in [6, 6.07) is 9.65. The Morgan fingerprint density at radius 1 is 1.23 bits per heavy atom. The lowest BCUT2D eigenvalue weighted by Gasteiger charge is -2.20. The van der Waals surface area contributed by atoms with Crippen LogP contribution in [0.2, 0.25) is 0 Å². The summed E-state index contributed by atoms with van der Waals surface area (Å²) < 4.78 is 10.9. The number of ether oxygens (including phenoxy) is 1. The van der Waals surface area contributed by atoms with Crippen LogP contribution in [0.25, 0.3) is 0 Å². The molecule has 7 heteroatoms. The van der Waals surface area contributed by atoms with Gasteiger partial charge in [-0.2, -0.15) is 0 Å². The first-order valence-corrected chi connectivity index (χ1v) is 8.63. The zero-order valence-corrected chi connectivity index (χ0v) is 14.1. The molecule has 0 bridgehead atoms. The highest BCUT2D eigenvalue weighted by Gasteiger charge is 2.45. The number of likely N-dealkylation sites (tertiary alicyclic amines) is 1. The summed E-state index contributed by atoms with van der Waals surface area (Å²) in [4.78, 5) is 26.4. The number of carbonyl (C=O) groups is 2. The minimum absolute atomic E-state index is 0.0122. The van der Waals surface area contributed by atoms with Gasteiger partial charge in [-0.3, -0.25) is 9.59 Å². The maximum Gasteiger partial charge on any atom is 0.286 e. The highest BCUT2D eigenvalue weighted by molar-refractivity contribution is 5.95. The predicted molar refractivity (Wildman–Crippen MR) is 91.8 cm³/mol. The average molecular weight is 356 g/mol. The van der Waals surface area contributed by atoms with Crippen molar-refractivity contribution >= 4 is 11.8 Å². The monoisotopic (exact) mass is 356 g/mol. The minimum atomic E-state index is -0.246. The van der Waals surface area contributed by atoms with Crippen LogP contribution in [-0.2, 0) is 4.74 Å². The Morgan fingerprint density at radius 2 is 2.12 bits per heavy atom. The molecule has 1 aromatic carbocycles. The molecule has 2 fully saturated rings. The average Bonchev–Trinajstić information content (AvgIpc) is 3.36. The van der Waals surface area contributed by atoms with Crippen LogP contribution >= 0.6 is 0 Å². The molecule has 26 heavy (non-hydrogen) atoms. The second kappa shape index (κ2) is 6.84. The number of phenols is 1. The summed E-state index contributed by atoms with van der Waals surface area (Å²) >= 11 is 0. The molecule has 136 valence electrons.